The Balaban J connectivity index is 1.74. The summed E-state index contributed by atoms with van der Waals surface area (Å²) in [5.41, 5.74) is 1.03. The zero-order valence-corrected chi connectivity index (χ0v) is 25.9. The molecule has 1 atom stereocenters. The zero-order chi connectivity index (χ0) is 30.8. The number of sulfonamides is 1. The quantitative estimate of drug-likeness (QED) is 0.272. The van der Waals surface area contributed by atoms with Crippen LogP contribution >= 0.6 is 0 Å². The molecule has 0 aromatic heterocycles. The number of para-hydroxylation sites is 2. The number of ether oxygens (including phenoxy) is 2. The van der Waals surface area contributed by atoms with Crippen LogP contribution < -0.4 is 19.1 Å². The molecular weight excluding hydrogens is 566 g/mol. The van der Waals surface area contributed by atoms with E-state index >= 15 is 0 Å². The van der Waals surface area contributed by atoms with Crippen LogP contribution in [0.1, 0.15) is 51.5 Å². The molecule has 1 saturated carbocycles. The summed E-state index contributed by atoms with van der Waals surface area (Å²) in [6.07, 6.45) is 4.29. The first kappa shape index (κ1) is 31.9. The van der Waals surface area contributed by atoms with Crippen molar-refractivity contribution >= 4 is 27.5 Å². The number of rotatable bonds is 14. The van der Waals surface area contributed by atoms with Crippen molar-refractivity contribution in [1.29, 1.82) is 0 Å². The fourth-order valence-corrected chi connectivity index (χ4v) is 6.83. The Morgan fingerprint density at radius 3 is 2.21 bits per heavy atom. The van der Waals surface area contributed by atoms with E-state index in [9.17, 15) is 18.0 Å². The highest BCUT2D eigenvalue weighted by Crippen LogP contribution is 2.33. The number of carbonyl (C=O) groups is 2. The molecular formula is C33H41N3O6S. The first-order valence-electron chi connectivity index (χ1n) is 14.8. The van der Waals surface area contributed by atoms with Crippen LogP contribution in [-0.2, 0) is 26.2 Å². The van der Waals surface area contributed by atoms with Crippen LogP contribution in [0, 0.1) is 0 Å². The fraction of sp³-hybridized carbons (Fsp3) is 0.394. The van der Waals surface area contributed by atoms with Crippen molar-refractivity contribution in [2.75, 3.05) is 24.6 Å². The van der Waals surface area contributed by atoms with E-state index in [1.54, 1.807) is 61.7 Å². The van der Waals surface area contributed by atoms with E-state index in [0.717, 1.165) is 35.6 Å². The van der Waals surface area contributed by atoms with Gasteiger partial charge < -0.3 is 19.7 Å². The monoisotopic (exact) mass is 607 g/mol. The summed E-state index contributed by atoms with van der Waals surface area (Å²) in [5, 5.41) is 3.13. The average molecular weight is 608 g/mol. The van der Waals surface area contributed by atoms with Gasteiger partial charge in [0, 0.05) is 12.6 Å². The van der Waals surface area contributed by atoms with Gasteiger partial charge in [0.2, 0.25) is 11.8 Å². The Kier molecular flexibility index (Phi) is 11.1. The van der Waals surface area contributed by atoms with E-state index in [2.05, 4.69) is 5.32 Å². The van der Waals surface area contributed by atoms with Crippen molar-refractivity contribution in [3.63, 3.8) is 0 Å². The zero-order valence-electron chi connectivity index (χ0n) is 25.1. The number of carbonyl (C=O) groups excluding carboxylic acids is 2. The predicted octanol–water partition coefficient (Wildman–Crippen LogP) is 5.16. The largest absolute Gasteiger partial charge is 0.497 e. The first-order chi connectivity index (χ1) is 20.8. The second-order valence-corrected chi connectivity index (χ2v) is 12.4. The summed E-state index contributed by atoms with van der Waals surface area (Å²) in [7, 11) is -2.61. The van der Waals surface area contributed by atoms with Crippen LogP contribution in [0.5, 0.6) is 11.5 Å². The summed E-state index contributed by atoms with van der Waals surface area (Å²) in [6, 6.07) is 21.3. The van der Waals surface area contributed by atoms with Crippen LogP contribution in [0.2, 0.25) is 0 Å². The molecule has 9 nitrogen and oxygen atoms in total. The highest BCUT2D eigenvalue weighted by atomic mass is 32.2. The Morgan fingerprint density at radius 2 is 1.58 bits per heavy atom. The van der Waals surface area contributed by atoms with Gasteiger partial charge in [-0.1, -0.05) is 62.2 Å². The van der Waals surface area contributed by atoms with Crippen molar-refractivity contribution in [3.8, 4) is 11.5 Å². The molecule has 1 N–H and O–H groups in total. The first-order valence-corrected chi connectivity index (χ1v) is 16.2. The predicted molar refractivity (Wildman–Crippen MR) is 167 cm³/mol. The lowest BCUT2D eigenvalue weighted by Crippen LogP contribution is -2.53. The molecule has 0 unspecified atom stereocenters. The average Bonchev–Trinajstić information content (AvgIpc) is 3.54. The minimum atomic E-state index is -4.19. The second-order valence-electron chi connectivity index (χ2n) is 10.5. The smallest absolute Gasteiger partial charge is 0.264 e. The molecule has 0 aliphatic heterocycles. The van der Waals surface area contributed by atoms with E-state index in [1.165, 1.54) is 17.0 Å². The third-order valence-corrected chi connectivity index (χ3v) is 9.42. The fourth-order valence-electron chi connectivity index (χ4n) is 5.39. The molecule has 0 bridgehead atoms. The molecule has 0 heterocycles. The number of hydrogen-bond donors (Lipinski definition) is 1. The molecule has 3 aromatic carbocycles. The van der Waals surface area contributed by atoms with Crippen LogP contribution in [0.25, 0.3) is 0 Å². The summed E-state index contributed by atoms with van der Waals surface area (Å²) >= 11 is 0. The van der Waals surface area contributed by atoms with Gasteiger partial charge in [0.05, 0.1) is 24.3 Å². The van der Waals surface area contributed by atoms with Crippen molar-refractivity contribution < 1.29 is 27.5 Å². The van der Waals surface area contributed by atoms with E-state index in [4.69, 9.17) is 9.47 Å². The molecule has 0 radical (unpaired) electrons. The number of anilines is 1. The van der Waals surface area contributed by atoms with Crippen LogP contribution in [0.4, 0.5) is 5.69 Å². The molecule has 230 valence electrons. The molecule has 1 aliphatic carbocycles. The minimum absolute atomic E-state index is 0.0434. The third kappa shape index (κ3) is 7.87. The number of nitrogens with one attached hydrogen (secondary N) is 1. The Hall–Kier alpha value is -4.05. The number of nitrogens with zero attached hydrogens (tertiary/aromatic N) is 2. The number of hydrogen-bond acceptors (Lipinski definition) is 6. The van der Waals surface area contributed by atoms with Crippen molar-refractivity contribution in [1.82, 2.24) is 10.2 Å². The second kappa shape index (κ2) is 14.9. The van der Waals surface area contributed by atoms with Crippen molar-refractivity contribution in [2.24, 2.45) is 0 Å². The highest BCUT2D eigenvalue weighted by molar-refractivity contribution is 7.92. The molecule has 4 rings (SSSR count). The van der Waals surface area contributed by atoms with Gasteiger partial charge in [-0.05, 0) is 68.1 Å². The maximum Gasteiger partial charge on any atom is 0.264 e. The Labute approximate surface area is 254 Å². The SMILES string of the molecule is CCOc1ccccc1N(CC(=O)N(Cc1ccc(OC)cc1)[C@H](CC)C(=O)NC1CCCC1)S(=O)(=O)c1ccccc1. The highest BCUT2D eigenvalue weighted by Gasteiger charge is 2.35. The molecule has 1 fully saturated rings. The van der Waals surface area contributed by atoms with Gasteiger partial charge in [-0.15, -0.1) is 0 Å². The van der Waals surface area contributed by atoms with Gasteiger partial charge in [-0.3, -0.25) is 13.9 Å². The van der Waals surface area contributed by atoms with Gasteiger partial charge >= 0.3 is 0 Å². The van der Waals surface area contributed by atoms with Gasteiger partial charge in [0.15, 0.2) is 0 Å². The van der Waals surface area contributed by atoms with Gasteiger partial charge in [-0.25, -0.2) is 8.42 Å². The molecule has 2 amide bonds. The minimum Gasteiger partial charge on any atom is -0.497 e. The van der Waals surface area contributed by atoms with Gasteiger partial charge in [0.25, 0.3) is 10.0 Å². The molecule has 10 heteroatoms. The Bertz CT molecular complexity index is 1460. The molecule has 0 saturated heterocycles. The maximum absolute atomic E-state index is 14.3. The summed E-state index contributed by atoms with van der Waals surface area (Å²) < 4.78 is 40.3. The van der Waals surface area contributed by atoms with E-state index in [-0.39, 0.29) is 29.1 Å². The van der Waals surface area contributed by atoms with Gasteiger partial charge in [0.1, 0.15) is 24.1 Å². The molecule has 0 spiro atoms. The maximum atomic E-state index is 14.3. The summed E-state index contributed by atoms with van der Waals surface area (Å²) in [5.74, 6) is 0.267. The lowest BCUT2D eigenvalue weighted by Gasteiger charge is -2.34. The molecule has 3 aromatic rings. The van der Waals surface area contributed by atoms with E-state index in [0.29, 0.717) is 24.5 Å². The molecule has 1 aliphatic rings. The topological polar surface area (TPSA) is 105 Å². The van der Waals surface area contributed by atoms with Gasteiger partial charge in [-0.2, -0.15) is 0 Å². The number of amides is 2. The number of benzene rings is 3. The summed E-state index contributed by atoms with van der Waals surface area (Å²) in [6.45, 7) is 3.57. The van der Waals surface area contributed by atoms with E-state index < -0.39 is 28.5 Å². The van der Waals surface area contributed by atoms with Crippen LogP contribution in [0.15, 0.2) is 83.8 Å². The van der Waals surface area contributed by atoms with Crippen LogP contribution in [0.3, 0.4) is 0 Å². The summed E-state index contributed by atoms with van der Waals surface area (Å²) in [4.78, 5) is 29.5. The van der Waals surface area contributed by atoms with Crippen LogP contribution in [-0.4, -0.2) is 57.5 Å². The lowest BCUT2D eigenvalue weighted by atomic mass is 10.1. The standard InChI is InChI=1S/C33H41N3O6S/c1-4-29(33(38)34-26-13-9-10-14-26)35(23-25-19-21-27(41-3)22-20-25)32(37)24-36(30-17-11-12-18-31(30)42-5-2)43(39,40)28-15-7-6-8-16-28/h6-8,11-12,15-22,26,29H,4-5,9-10,13-14,23-24H2,1-3H3,(H,34,38)/t29-/m1/s1. The lowest BCUT2D eigenvalue weighted by molar-refractivity contribution is -0.140. The van der Waals surface area contributed by atoms with Crippen molar-refractivity contribution in [3.05, 3.63) is 84.4 Å². The molecule has 43 heavy (non-hydrogen) atoms. The normalized spacial score (nSPS) is 14.1. The third-order valence-electron chi connectivity index (χ3n) is 7.64. The van der Waals surface area contributed by atoms with E-state index in [1.807, 2.05) is 26.0 Å². The van der Waals surface area contributed by atoms with Crippen molar-refractivity contribution in [2.45, 2.75) is 69.5 Å². The Morgan fingerprint density at radius 1 is 0.930 bits per heavy atom. The number of methoxy groups -OCH3 is 1.